The molecule has 1 amide bonds. The number of nitrogen functional groups attached to an aromatic ring is 1. The van der Waals surface area contributed by atoms with E-state index < -0.39 is 11.7 Å². The zero-order valence-corrected chi connectivity index (χ0v) is 9.44. The van der Waals surface area contributed by atoms with Gasteiger partial charge in [-0.25, -0.2) is 9.48 Å². The van der Waals surface area contributed by atoms with Crippen LogP contribution in [0.5, 0.6) is 0 Å². The lowest BCUT2D eigenvalue weighted by Crippen LogP contribution is -2.27. The van der Waals surface area contributed by atoms with Crippen molar-refractivity contribution in [2.75, 3.05) is 5.32 Å². The Morgan fingerprint density at radius 3 is 2.69 bits per heavy atom. The summed E-state index contributed by atoms with van der Waals surface area (Å²) in [7, 11) is 0. The van der Waals surface area contributed by atoms with Crippen molar-refractivity contribution in [1.82, 2.24) is 9.78 Å². The minimum atomic E-state index is -0.596. The van der Waals surface area contributed by atoms with Gasteiger partial charge >= 0.3 is 6.09 Å². The number of hydrogen-bond donors (Lipinski definition) is 3. The zero-order valence-electron chi connectivity index (χ0n) is 9.44. The van der Waals surface area contributed by atoms with Crippen LogP contribution in [-0.2, 0) is 4.74 Å². The topological polar surface area (TPSA) is 106 Å². The van der Waals surface area contributed by atoms with Gasteiger partial charge in [-0.2, -0.15) is 0 Å². The zero-order chi connectivity index (χ0) is 12.3. The van der Waals surface area contributed by atoms with Crippen LogP contribution >= 0.6 is 0 Å². The number of nitrogens with zero attached hydrogens (tertiary/aromatic N) is 2. The number of carbonyl (C=O) groups is 1. The maximum absolute atomic E-state index is 11.3. The normalized spacial score (nSPS) is 10.9. The molecule has 0 aliphatic rings. The molecule has 88 valence electrons. The van der Waals surface area contributed by atoms with Gasteiger partial charge in [-0.1, -0.05) is 0 Å². The highest BCUT2D eigenvalue weighted by atomic mass is 16.6. The van der Waals surface area contributed by atoms with Crippen molar-refractivity contribution < 1.29 is 9.53 Å². The Hall–Kier alpha value is -2.05. The lowest BCUT2D eigenvalue weighted by Gasteiger charge is -2.18. The first-order valence-electron chi connectivity index (χ1n) is 4.68. The van der Waals surface area contributed by atoms with Crippen LogP contribution in [0.25, 0.3) is 0 Å². The highest BCUT2D eigenvalue weighted by Crippen LogP contribution is 2.09. The lowest BCUT2D eigenvalue weighted by molar-refractivity contribution is 0.0635. The molecule has 4 N–H and O–H groups in total. The minimum absolute atomic E-state index is 0.225. The Labute approximate surface area is 93.1 Å². The van der Waals surface area contributed by atoms with Crippen molar-refractivity contribution in [3.8, 4) is 0 Å². The van der Waals surface area contributed by atoms with Crippen LogP contribution in [0.2, 0.25) is 0 Å². The molecule has 0 aromatic carbocycles. The van der Waals surface area contributed by atoms with Crippen LogP contribution in [0.3, 0.4) is 0 Å². The summed E-state index contributed by atoms with van der Waals surface area (Å²) >= 11 is 0. The molecule has 0 fully saturated rings. The standard InChI is InChI=1S/C9H15N5O2/c1-9(2,3)16-8(15)12-6-4-5-14(13-6)7(10)11/h4-5H,1-3H3,(H3,10,11)(H,12,13,15). The van der Waals surface area contributed by atoms with E-state index in [1.165, 1.54) is 12.3 Å². The molecule has 1 aromatic rings. The van der Waals surface area contributed by atoms with E-state index in [4.69, 9.17) is 15.9 Å². The fourth-order valence-corrected chi connectivity index (χ4v) is 0.933. The van der Waals surface area contributed by atoms with Crippen LogP contribution in [0.15, 0.2) is 12.3 Å². The van der Waals surface area contributed by atoms with Gasteiger partial charge < -0.3 is 10.5 Å². The predicted octanol–water partition coefficient (Wildman–Crippen LogP) is 0.972. The van der Waals surface area contributed by atoms with Gasteiger partial charge in [-0.3, -0.25) is 10.7 Å². The summed E-state index contributed by atoms with van der Waals surface area (Å²) in [6.07, 6.45) is 0.871. The number of hydrogen-bond acceptors (Lipinski definition) is 4. The van der Waals surface area contributed by atoms with Crippen LogP contribution in [0.4, 0.5) is 10.6 Å². The SMILES string of the molecule is CC(C)(C)OC(=O)Nc1ccn(C(=N)N)n1. The van der Waals surface area contributed by atoms with Crippen molar-refractivity contribution in [1.29, 1.82) is 5.41 Å². The average Bonchev–Trinajstić information content (AvgIpc) is 2.48. The van der Waals surface area contributed by atoms with E-state index in [2.05, 4.69) is 10.4 Å². The van der Waals surface area contributed by atoms with E-state index in [-0.39, 0.29) is 11.8 Å². The van der Waals surface area contributed by atoms with Crippen molar-refractivity contribution in [3.05, 3.63) is 12.3 Å². The molecule has 1 heterocycles. The van der Waals surface area contributed by atoms with Crippen molar-refractivity contribution in [2.45, 2.75) is 26.4 Å². The van der Waals surface area contributed by atoms with Gasteiger partial charge in [0, 0.05) is 12.3 Å². The van der Waals surface area contributed by atoms with Gasteiger partial charge in [0.05, 0.1) is 0 Å². The van der Waals surface area contributed by atoms with Crippen molar-refractivity contribution >= 4 is 17.9 Å². The summed E-state index contributed by atoms with van der Waals surface area (Å²) in [4.78, 5) is 11.3. The molecular weight excluding hydrogens is 210 g/mol. The molecule has 0 saturated heterocycles. The summed E-state index contributed by atoms with van der Waals surface area (Å²) in [6.45, 7) is 5.29. The smallest absolute Gasteiger partial charge is 0.413 e. The average molecular weight is 225 g/mol. The maximum atomic E-state index is 11.3. The number of anilines is 1. The summed E-state index contributed by atoms with van der Waals surface area (Å²) in [5, 5.41) is 13.4. The fraction of sp³-hybridized carbons (Fsp3) is 0.444. The first-order valence-corrected chi connectivity index (χ1v) is 4.68. The van der Waals surface area contributed by atoms with E-state index in [9.17, 15) is 4.79 Å². The fourth-order valence-electron chi connectivity index (χ4n) is 0.933. The lowest BCUT2D eigenvalue weighted by atomic mass is 10.2. The van der Waals surface area contributed by atoms with Gasteiger partial charge in [0.25, 0.3) is 0 Å². The van der Waals surface area contributed by atoms with Crippen LogP contribution in [-0.4, -0.2) is 27.4 Å². The third-order valence-electron chi connectivity index (χ3n) is 1.46. The molecule has 0 spiro atoms. The second kappa shape index (κ2) is 4.21. The Bertz CT molecular complexity index is 404. The number of amides is 1. The molecule has 0 saturated carbocycles. The molecule has 0 radical (unpaired) electrons. The molecule has 0 unspecified atom stereocenters. The number of rotatable bonds is 1. The maximum Gasteiger partial charge on any atom is 0.413 e. The number of aromatic nitrogens is 2. The highest BCUT2D eigenvalue weighted by molar-refractivity contribution is 5.84. The predicted molar refractivity (Wildman–Crippen MR) is 59.4 cm³/mol. The van der Waals surface area contributed by atoms with Gasteiger partial charge in [-0.05, 0) is 20.8 Å². The molecular formula is C9H15N5O2. The molecule has 0 bridgehead atoms. The number of nitrogens with two attached hydrogens (primary N) is 1. The second-order valence-electron chi connectivity index (χ2n) is 4.16. The largest absolute Gasteiger partial charge is 0.444 e. The van der Waals surface area contributed by atoms with E-state index in [1.54, 1.807) is 20.8 Å². The highest BCUT2D eigenvalue weighted by Gasteiger charge is 2.16. The third-order valence-corrected chi connectivity index (χ3v) is 1.46. The Balaban J connectivity index is 2.60. The molecule has 0 aliphatic carbocycles. The van der Waals surface area contributed by atoms with Gasteiger partial charge in [0.15, 0.2) is 5.82 Å². The number of ether oxygens (including phenoxy) is 1. The van der Waals surface area contributed by atoms with E-state index in [0.29, 0.717) is 0 Å². The van der Waals surface area contributed by atoms with Crippen LogP contribution in [0.1, 0.15) is 20.8 Å². The van der Waals surface area contributed by atoms with Crippen LogP contribution in [0, 0.1) is 5.41 Å². The summed E-state index contributed by atoms with van der Waals surface area (Å²) in [6, 6.07) is 1.52. The molecule has 0 atom stereocenters. The van der Waals surface area contributed by atoms with Crippen molar-refractivity contribution in [2.24, 2.45) is 5.73 Å². The third kappa shape index (κ3) is 3.60. The van der Waals surface area contributed by atoms with Crippen LogP contribution < -0.4 is 11.1 Å². The monoisotopic (exact) mass is 225 g/mol. The van der Waals surface area contributed by atoms with E-state index in [0.717, 1.165) is 4.68 Å². The Morgan fingerprint density at radius 2 is 2.25 bits per heavy atom. The molecule has 0 aliphatic heterocycles. The molecule has 1 aromatic heterocycles. The van der Waals surface area contributed by atoms with E-state index in [1.807, 2.05) is 0 Å². The van der Waals surface area contributed by atoms with Crippen molar-refractivity contribution in [3.63, 3.8) is 0 Å². The Morgan fingerprint density at radius 1 is 1.62 bits per heavy atom. The van der Waals surface area contributed by atoms with E-state index >= 15 is 0 Å². The first kappa shape index (κ1) is 12.0. The minimum Gasteiger partial charge on any atom is -0.444 e. The molecule has 16 heavy (non-hydrogen) atoms. The summed E-state index contributed by atoms with van der Waals surface area (Å²) in [5.41, 5.74) is 4.64. The summed E-state index contributed by atoms with van der Waals surface area (Å²) in [5.74, 6) is 0.0571. The second-order valence-corrected chi connectivity index (χ2v) is 4.16. The summed E-state index contributed by atoms with van der Waals surface area (Å²) < 4.78 is 6.16. The molecule has 7 heteroatoms. The van der Waals surface area contributed by atoms with Gasteiger partial charge in [-0.15, -0.1) is 5.10 Å². The first-order chi connectivity index (χ1) is 7.28. The quantitative estimate of drug-likeness (QED) is 0.489. The molecule has 1 rings (SSSR count). The Kier molecular flexibility index (Phi) is 3.17. The van der Waals surface area contributed by atoms with Gasteiger partial charge in [0.2, 0.25) is 5.96 Å². The molecule has 7 nitrogen and oxygen atoms in total. The number of carbonyl (C=O) groups excluding carboxylic acids is 1. The van der Waals surface area contributed by atoms with Gasteiger partial charge in [0.1, 0.15) is 5.60 Å². The number of nitrogens with one attached hydrogen (secondary N) is 2.